The van der Waals surface area contributed by atoms with Gasteiger partial charge in [-0.1, -0.05) is 41.4 Å². The molecule has 3 aromatic carbocycles. The predicted octanol–water partition coefficient (Wildman–Crippen LogP) is 5.08. The summed E-state index contributed by atoms with van der Waals surface area (Å²) in [5.74, 6) is -0.162. The lowest BCUT2D eigenvalue weighted by Crippen LogP contribution is -2.26. The number of hydrogen-bond acceptors (Lipinski definition) is 4. The fraction of sp³-hybridized carbons (Fsp3) is 0.0952. The summed E-state index contributed by atoms with van der Waals surface area (Å²) in [4.78, 5) is 12.6. The van der Waals surface area contributed by atoms with Gasteiger partial charge in [-0.2, -0.15) is 0 Å². The summed E-state index contributed by atoms with van der Waals surface area (Å²) in [6.45, 7) is 0. The molecule has 0 saturated heterocycles. The van der Waals surface area contributed by atoms with E-state index in [1.54, 1.807) is 24.3 Å². The van der Waals surface area contributed by atoms with Crippen molar-refractivity contribution in [2.75, 3.05) is 23.8 Å². The SMILES string of the molecule is COc1c(Cl)cc(C(=O)Nc2ccc(S(=O)(=O)N(C)c3ccccc3)cc2)cc1Cl. The summed E-state index contributed by atoms with van der Waals surface area (Å²) >= 11 is 12.1. The monoisotopic (exact) mass is 464 g/mol. The smallest absolute Gasteiger partial charge is 0.264 e. The molecule has 0 aliphatic heterocycles. The highest BCUT2D eigenvalue weighted by molar-refractivity contribution is 7.92. The maximum Gasteiger partial charge on any atom is 0.264 e. The Bertz CT molecular complexity index is 1140. The van der Waals surface area contributed by atoms with Crippen LogP contribution in [0.25, 0.3) is 0 Å². The van der Waals surface area contributed by atoms with Crippen LogP contribution >= 0.6 is 23.2 Å². The molecule has 3 rings (SSSR count). The van der Waals surface area contributed by atoms with E-state index >= 15 is 0 Å². The number of carbonyl (C=O) groups excluding carboxylic acids is 1. The molecular formula is C21H18Cl2N2O4S. The second-order valence-corrected chi connectivity index (χ2v) is 9.04. The summed E-state index contributed by atoms with van der Waals surface area (Å²) in [6, 6.07) is 17.5. The van der Waals surface area contributed by atoms with Crippen molar-refractivity contribution in [2.24, 2.45) is 0 Å². The Morgan fingerprint density at radius 2 is 1.53 bits per heavy atom. The standard InChI is InChI=1S/C21H18Cl2N2O4S/c1-25(16-6-4-3-5-7-16)30(27,28)17-10-8-15(9-11-17)24-21(26)14-12-18(22)20(29-2)19(23)13-14/h3-13H,1-2H3,(H,24,26). The number of nitrogens with one attached hydrogen (secondary N) is 1. The summed E-state index contributed by atoms with van der Waals surface area (Å²) in [6.07, 6.45) is 0. The Kier molecular flexibility index (Phi) is 6.55. The number of amides is 1. The molecule has 1 amide bonds. The zero-order valence-electron chi connectivity index (χ0n) is 16.1. The highest BCUT2D eigenvalue weighted by Crippen LogP contribution is 2.34. The molecule has 0 bridgehead atoms. The molecule has 6 nitrogen and oxygen atoms in total. The van der Waals surface area contributed by atoms with Gasteiger partial charge in [-0.25, -0.2) is 8.42 Å². The van der Waals surface area contributed by atoms with Crippen molar-refractivity contribution in [1.29, 1.82) is 0 Å². The number of para-hydroxylation sites is 1. The number of carbonyl (C=O) groups is 1. The quantitative estimate of drug-likeness (QED) is 0.551. The maximum absolute atomic E-state index is 12.8. The van der Waals surface area contributed by atoms with E-state index in [1.165, 1.54) is 54.9 Å². The largest absolute Gasteiger partial charge is 0.494 e. The first-order valence-electron chi connectivity index (χ1n) is 8.72. The molecule has 30 heavy (non-hydrogen) atoms. The molecule has 0 saturated carbocycles. The minimum Gasteiger partial charge on any atom is -0.494 e. The number of methoxy groups -OCH3 is 1. The fourth-order valence-electron chi connectivity index (χ4n) is 2.73. The minimum absolute atomic E-state index is 0.0994. The van der Waals surface area contributed by atoms with E-state index in [1.807, 2.05) is 6.07 Å². The van der Waals surface area contributed by atoms with Gasteiger partial charge >= 0.3 is 0 Å². The van der Waals surface area contributed by atoms with Crippen LogP contribution in [0.2, 0.25) is 10.0 Å². The summed E-state index contributed by atoms with van der Waals surface area (Å²) in [5.41, 5.74) is 1.21. The lowest BCUT2D eigenvalue weighted by atomic mass is 10.2. The average molecular weight is 465 g/mol. The Balaban J connectivity index is 1.78. The molecular weight excluding hydrogens is 447 g/mol. The molecule has 1 N–H and O–H groups in total. The van der Waals surface area contributed by atoms with Crippen molar-refractivity contribution in [3.05, 3.63) is 82.3 Å². The number of halogens is 2. The first-order chi connectivity index (χ1) is 14.2. The molecule has 0 atom stereocenters. The third-order valence-corrected chi connectivity index (χ3v) is 6.72. The third-order valence-electron chi connectivity index (χ3n) is 4.35. The van der Waals surface area contributed by atoms with Gasteiger partial charge in [-0.15, -0.1) is 0 Å². The van der Waals surface area contributed by atoms with Crippen molar-refractivity contribution in [1.82, 2.24) is 0 Å². The van der Waals surface area contributed by atoms with Crippen LogP contribution in [0.5, 0.6) is 5.75 Å². The number of hydrogen-bond donors (Lipinski definition) is 1. The number of nitrogens with zero attached hydrogens (tertiary/aromatic N) is 1. The summed E-state index contributed by atoms with van der Waals surface area (Å²) in [5, 5.41) is 3.10. The van der Waals surface area contributed by atoms with Crippen molar-refractivity contribution in [3.8, 4) is 5.75 Å². The Labute approximate surface area is 185 Å². The van der Waals surface area contributed by atoms with E-state index in [9.17, 15) is 13.2 Å². The zero-order chi connectivity index (χ0) is 21.9. The fourth-order valence-corrected chi connectivity index (χ4v) is 4.57. The Hall–Kier alpha value is -2.74. The second kappa shape index (κ2) is 8.95. The van der Waals surface area contributed by atoms with Gasteiger partial charge in [-0.05, 0) is 48.5 Å². The molecule has 0 aliphatic rings. The van der Waals surface area contributed by atoms with Crippen molar-refractivity contribution in [3.63, 3.8) is 0 Å². The topological polar surface area (TPSA) is 75.7 Å². The van der Waals surface area contributed by atoms with E-state index in [2.05, 4.69) is 5.32 Å². The van der Waals surface area contributed by atoms with Crippen molar-refractivity contribution in [2.45, 2.75) is 4.90 Å². The van der Waals surface area contributed by atoms with Gasteiger partial charge in [0.1, 0.15) is 0 Å². The minimum atomic E-state index is -3.74. The first kappa shape index (κ1) is 22.0. The van der Waals surface area contributed by atoms with E-state index in [4.69, 9.17) is 27.9 Å². The van der Waals surface area contributed by atoms with Crippen molar-refractivity contribution >= 4 is 50.5 Å². The van der Waals surface area contributed by atoms with E-state index in [0.717, 1.165) is 0 Å². The molecule has 0 aliphatic carbocycles. The van der Waals surface area contributed by atoms with Crippen LogP contribution in [-0.2, 0) is 10.0 Å². The van der Waals surface area contributed by atoms with Gasteiger partial charge in [0, 0.05) is 18.3 Å². The van der Waals surface area contributed by atoms with E-state index < -0.39 is 15.9 Å². The van der Waals surface area contributed by atoms with Crippen LogP contribution in [0.4, 0.5) is 11.4 Å². The normalized spacial score (nSPS) is 11.1. The van der Waals surface area contributed by atoms with Crippen LogP contribution in [0.1, 0.15) is 10.4 Å². The number of benzene rings is 3. The average Bonchev–Trinajstić information content (AvgIpc) is 2.74. The van der Waals surface area contributed by atoms with Crippen LogP contribution in [0.15, 0.2) is 71.6 Å². The number of ether oxygens (including phenoxy) is 1. The van der Waals surface area contributed by atoms with Crippen LogP contribution in [0.3, 0.4) is 0 Å². The van der Waals surface area contributed by atoms with Gasteiger partial charge in [0.2, 0.25) is 0 Å². The molecule has 0 spiro atoms. The molecule has 9 heteroatoms. The molecule has 3 aromatic rings. The maximum atomic E-state index is 12.8. The van der Waals surface area contributed by atoms with Crippen molar-refractivity contribution < 1.29 is 17.9 Å². The predicted molar refractivity (Wildman–Crippen MR) is 119 cm³/mol. The van der Waals surface area contributed by atoms with Gasteiger partial charge < -0.3 is 10.1 Å². The van der Waals surface area contributed by atoms with Gasteiger partial charge in [-0.3, -0.25) is 9.10 Å². The zero-order valence-corrected chi connectivity index (χ0v) is 18.4. The first-order valence-corrected chi connectivity index (χ1v) is 10.9. The van der Waals surface area contributed by atoms with E-state index in [0.29, 0.717) is 11.4 Å². The van der Waals surface area contributed by atoms with Gasteiger partial charge in [0.05, 0.1) is 27.7 Å². The third kappa shape index (κ3) is 4.53. The van der Waals surface area contributed by atoms with Crippen LogP contribution in [0, 0.1) is 0 Å². The number of sulfonamides is 1. The number of rotatable bonds is 6. The highest BCUT2D eigenvalue weighted by atomic mass is 35.5. The molecule has 0 unspecified atom stereocenters. The summed E-state index contributed by atoms with van der Waals surface area (Å²) < 4.78 is 31.9. The lowest BCUT2D eigenvalue weighted by Gasteiger charge is -2.19. The molecule has 0 fully saturated rings. The molecule has 0 radical (unpaired) electrons. The number of anilines is 2. The van der Waals surface area contributed by atoms with Crippen LogP contribution < -0.4 is 14.4 Å². The highest BCUT2D eigenvalue weighted by Gasteiger charge is 2.21. The second-order valence-electron chi connectivity index (χ2n) is 6.26. The van der Waals surface area contributed by atoms with Gasteiger partial charge in [0.15, 0.2) is 5.75 Å². The molecule has 0 heterocycles. The summed E-state index contributed by atoms with van der Waals surface area (Å²) in [7, 11) is -0.825. The molecule has 0 aromatic heterocycles. The lowest BCUT2D eigenvalue weighted by molar-refractivity contribution is 0.102. The Morgan fingerprint density at radius 3 is 2.07 bits per heavy atom. The Morgan fingerprint density at radius 1 is 0.967 bits per heavy atom. The molecule has 156 valence electrons. The van der Waals surface area contributed by atoms with E-state index in [-0.39, 0.29) is 26.3 Å². The van der Waals surface area contributed by atoms with Gasteiger partial charge in [0.25, 0.3) is 15.9 Å². The van der Waals surface area contributed by atoms with Crippen LogP contribution in [-0.4, -0.2) is 28.5 Å².